The van der Waals surface area contributed by atoms with Gasteiger partial charge in [-0.15, -0.1) is 0 Å². The van der Waals surface area contributed by atoms with Crippen molar-refractivity contribution in [1.82, 2.24) is 10.2 Å². The predicted molar refractivity (Wildman–Crippen MR) is 64.2 cm³/mol. The molecular weight excluding hydrogens is 188 g/mol. The van der Waals surface area contributed by atoms with Crippen LogP contribution in [0.4, 0.5) is 0 Å². The molecule has 0 aromatic rings. The first-order chi connectivity index (χ1) is 7.13. The van der Waals surface area contributed by atoms with Gasteiger partial charge in [0.05, 0.1) is 6.61 Å². The van der Waals surface area contributed by atoms with E-state index in [1.54, 1.807) is 7.11 Å². The highest BCUT2D eigenvalue weighted by molar-refractivity contribution is 4.83. The Morgan fingerprint density at radius 1 is 1.40 bits per heavy atom. The second kappa shape index (κ2) is 6.46. The van der Waals surface area contributed by atoms with Crippen LogP contribution in [0.15, 0.2) is 0 Å². The van der Waals surface area contributed by atoms with Crippen LogP contribution < -0.4 is 5.32 Å². The smallest absolute Gasteiger partial charge is 0.0630 e. The number of ether oxygens (including phenoxy) is 1. The van der Waals surface area contributed by atoms with Crippen LogP contribution >= 0.6 is 0 Å². The molecule has 15 heavy (non-hydrogen) atoms. The molecule has 0 aliphatic heterocycles. The summed E-state index contributed by atoms with van der Waals surface area (Å²) in [6.07, 6.45) is 2.71. The molecule has 1 unspecified atom stereocenters. The standard InChI is InChI=1S/C12H26N2O/c1-10(2)8-14(3)12(9-15-4)7-13-11-5-6-11/h10-13H,5-9H2,1-4H3. The van der Waals surface area contributed by atoms with Crippen molar-refractivity contribution in [2.24, 2.45) is 5.92 Å². The summed E-state index contributed by atoms with van der Waals surface area (Å²) in [5, 5.41) is 3.57. The summed E-state index contributed by atoms with van der Waals surface area (Å²) in [7, 11) is 3.98. The number of hydrogen-bond donors (Lipinski definition) is 1. The van der Waals surface area contributed by atoms with Crippen LogP contribution in [0.1, 0.15) is 26.7 Å². The molecule has 90 valence electrons. The molecule has 1 rings (SSSR count). The van der Waals surface area contributed by atoms with Crippen molar-refractivity contribution in [3.8, 4) is 0 Å². The van der Waals surface area contributed by atoms with Gasteiger partial charge in [0.25, 0.3) is 0 Å². The van der Waals surface area contributed by atoms with Crippen molar-refractivity contribution >= 4 is 0 Å². The molecule has 1 atom stereocenters. The van der Waals surface area contributed by atoms with E-state index in [9.17, 15) is 0 Å². The Morgan fingerprint density at radius 2 is 2.07 bits per heavy atom. The second-order valence-corrected chi connectivity index (χ2v) is 5.13. The molecule has 0 bridgehead atoms. The lowest BCUT2D eigenvalue weighted by atomic mass is 10.1. The van der Waals surface area contributed by atoms with Gasteiger partial charge in [0.1, 0.15) is 0 Å². The van der Waals surface area contributed by atoms with Gasteiger partial charge in [-0.25, -0.2) is 0 Å². The topological polar surface area (TPSA) is 24.5 Å². The van der Waals surface area contributed by atoms with Gasteiger partial charge in [0.2, 0.25) is 0 Å². The van der Waals surface area contributed by atoms with Gasteiger partial charge in [0, 0.05) is 32.3 Å². The molecule has 1 saturated carbocycles. The van der Waals surface area contributed by atoms with Crippen molar-refractivity contribution in [2.75, 3.05) is 33.9 Å². The summed E-state index contributed by atoms with van der Waals surface area (Å²) in [6.45, 7) is 7.54. The summed E-state index contributed by atoms with van der Waals surface area (Å²) in [5.74, 6) is 0.718. The fourth-order valence-electron chi connectivity index (χ4n) is 1.85. The molecule has 1 fully saturated rings. The summed E-state index contributed by atoms with van der Waals surface area (Å²) in [6, 6.07) is 1.30. The number of hydrogen-bond acceptors (Lipinski definition) is 3. The van der Waals surface area contributed by atoms with Crippen LogP contribution in [0.5, 0.6) is 0 Å². The van der Waals surface area contributed by atoms with Gasteiger partial charge in [0.15, 0.2) is 0 Å². The third kappa shape index (κ3) is 5.50. The first-order valence-electron chi connectivity index (χ1n) is 6.06. The average Bonchev–Trinajstić information content (AvgIpc) is 2.94. The van der Waals surface area contributed by atoms with E-state index < -0.39 is 0 Å². The van der Waals surface area contributed by atoms with E-state index in [0.717, 1.165) is 31.7 Å². The van der Waals surface area contributed by atoms with Crippen LogP contribution in [0.3, 0.4) is 0 Å². The molecule has 0 aromatic heterocycles. The summed E-state index contributed by atoms with van der Waals surface area (Å²) in [5.41, 5.74) is 0. The summed E-state index contributed by atoms with van der Waals surface area (Å²) in [4.78, 5) is 2.41. The number of methoxy groups -OCH3 is 1. The largest absolute Gasteiger partial charge is 0.383 e. The zero-order chi connectivity index (χ0) is 11.3. The van der Waals surface area contributed by atoms with E-state index in [-0.39, 0.29) is 0 Å². The Bertz CT molecular complexity index is 169. The van der Waals surface area contributed by atoms with Gasteiger partial charge >= 0.3 is 0 Å². The summed E-state index contributed by atoms with van der Waals surface area (Å²) >= 11 is 0. The molecule has 0 radical (unpaired) electrons. The highest BCUT2D eigenvalue weighted by Gasteiger charge is 2.23. The lowest BCUT2D eigenvalue weighted by molar-refractivity contribution is 0.0983. The number of nitrogens with zero attached hydrogens (tertiary/aromatic N) is 1. The third-order valence-corrected chi connectivity index (χ3v) is 2.86. The fourth-order valence-corrected chi connectivity index (χ4v) is 1.85. The maximum absolute atomic E-state index is 5.28. The zero-order valence-electron chi connectivity index (χ0n) is 10.6. The predicted octanol–water partition coefficient (Wildman–Crippen LogP) is 1.34. The van der Waals surface area contributed by atoms with E-state index in [4.69, 9.17) is 4.74 Å². The van der Waals surface area contributed by atoms with E-state index in [2.05, 4.69) is 31.1 Å². The van der Waals surface area contributed by atoms with Crippen LogP contribution in [-0.2, 0) is 4.74 Å². The minimum absolute atomic E-state index is 0.512. The SMILES string of the molecule is COCC(CNC1CC1)N(C)CC(C)C. The minimum atomic E-state index is 0.512. The molecule has 0 heterocycles. The van der Waals surface area contributed by atoms with E-state index in [1.807, 2.05) is 0 Å². The molecule has 0 amide bonds. The van der Waals surface area contributed by atoms with Crippen molar-refractivity contribution in [1.29, 1.82) is 0 Å². The molecule has 3 heteroatoms. The van der Waals surface area contributed by atoms with E-state index in [1.165, 1.54) is 12.8 Å². The maximum atomic E-state index is 5.28. The van der Waals surface area contributed by atoms with Crippen LogP contribution in [0.2, 0.25) is 0 Å². The van der Waals surface area contributed by atoms with Gasteiger partial charge in [-0.1, -0.05) is 13.8 Å². The molecular formula is C12H26N2O. The molecule has 0 spiro atoms. The van der Waals surface area contributed by atoms with Crippen LogP contribution in [-0.4, -0.2) is 50.8 Å². The Balaban J connectivity index is 2.25. The van der Waals surface area contributed by atoms with Crippen molar-refractivity contribution < 1.29 is 4.74 Å². The lowest BCUT2D eigenvalue weighted by Crippen LogP contribution is -2.45. The third-order valence-electron chi connectivity index (χ3n) is 2.86. The number of rotatable bonds is 8. The van der Waals surface area contributed by atoms with E-state index >= 15 is 0 Å². The first kappa shape index (κ1) is 12.9. The van der Waals surface area contributed by atoms with Crippen molar-refractivity contribution in [3.05, 3.63) is 0 Å². The zero-order valence-corrected chi connectivity index (χ0v) is 10.6. The van der Waals surface area contributed by atoms with E-state index in [0.29, 0.717) is 6.04 Å². The average molecular weight is 214 g/mol. The van der Waals surface area contributed by atoms with Crippen molar-refractivity contribution in [2.45, 2.75) is 38.8 Å². The fraction of sp³-hybridized carbons (Fsp3) is 1.00. The first-order valence-corrected chi connectivity index (χ1v) is 6.06. The quantitative estimate of drug-likeness (QED) is 0.660. The van der Waals surface area contributed by atoms with Gasteiger partial charge in [-0.3, -0.25) is 4.90 Å². The van der Waals surface area contributed by atoms with Gasteiger partial charge in [-0.2, -0.15) is 0 Å². The van der Waals surface area contributed by atoms with Gasteiger partial charge in [-0.05, 0) is 25.8 Å². The Labute approximate surface area is 94.2 Å². The minimum Gasteiger partial charge on any atom is -0.383 e. The highest BCUT2D eigenvalue weighted by Crippen LogP contribution is 2.18. The Morgan fingerprint density at radius 3 is 2.53 bits per heavy atom. The Kier molecular flexibility index (Phi) is 5.58. The van der Waals surface area contributed by atoms with Crippen LogP contribution in [0, 0.1) is 5.92 Å². The number of likely N-dealkylation sites (N-methyl/N-ethyl adjacent to an activating group) is 1. The highest BCUT2D eigenvalue weighted by atomic mass is 16.5. The molecule has 0 saturated heterocycles. The molecule has 3 nitrogen and oxygen atoms in total. The monoisotopic (exact) mass is 214 g/mol. The van der Waals surface area contributed by atoms with Gasteiger partial charge < -0.3 is 10.1 Å². The molecule has 0 aromatic carbocycles. The normalized spacial score (nSPS) is 18.8. The van der Waals surface area contributed by atoms with Crippen molar-refractivity contribution in [3.63, 3.8) is 0 Å². The molecule has 1 N–H and O–H groups in total. The number of nitrogens with one attached hydrogen (secondary N) is 1. The lowest BCUT2D eigenvalue weighted by Gasteiger charge is -2.29. The molecule has 1 aliphatic carbocycles. The van der Waals surface area contributed by atoms with Crippen LogP contribution in [0.25, 0.3) is 0 Å². The maximum Gasteiger partial charge on any atom is 0.0630 e. The Hall–Kier alpha value is -0.120. The summed E-state index contributed by atoms with van der Waals surface area (Å²) < 4.78 is 5.28. The molecule has 1 aliphatic rings. The second-order valence-electron chi connectivity index (χ2n) is 5.13.